The maximum absolute atomic E-state index is 5.84. The predicted octanol–water partition coefficient (Wildman–Crippen LogP) is 0.755. The molecule has 86 valence electrons. The minimum absolute atomic E-state index is 0.513. The number of nitrogens with one attached hydrogen (secondary N) is 2. The molecule has 0 amide bonds. The van der Waals surface area contributed by atoms with Crippen LogP contribution in [0.3, 0.4) is 0 Å². The fraction of sp³-hybridized carbons (Fsp3) is 1.00. The number of hydrogen-bond donors (Lipinski definition) is 2. The van der Waals surface area contributed by atoms with Crippen LogP contribution in [0.5, 0.6) is 0 Å². The Hall–Kier alpha value is -0.120. The lowest BCUT2D eigenvalue weighted by Crippen LogP contribution is -2.53. The average Bonchev–Trinajstić information content (AvgIpc) is 2.28. The highest BCUT2D eigenvalue weighted by Crippen LogP contribution is 2.53. The van der Waals surface area contributed by atoms with Gasteiger partial charge in [-0.15, -0.1) is 0 Å². The lowest BCUT2D eigenvalue weighted by atomic mass is 9.56. The fourth-order valence-electron chi connectivity index (χ4n) is 3.57. The molecule has 2 N–H and O–H groups in total. The van der Waals surface area contributed by atoms with Gasteiger partial charge in [-0.3, -0.25) is 0 Å². The van der Waals surface area contributed by atoms with Crippen LogP contribution in [0.25, 0.3) is 0 Å². The molecule has 2 saturated heterocycles. The van der Waals surface area contributed by atoms with E-state index in [0.29, 0.717) is 11.5 Å². The van der Waals surface area contributed by atoms with Crippen LogP contribution in [-0.2, 0) is 4.74 Å². The zero-order valence-electron chi connectivity index (χ0n) is 9.43. The summed E-state index contributed by atoms with van der Waals surface area (Å²) in [5.41, 5.74) is 0.705. The topological polar surface area (TPSA) is 33.3 Å². The fourth-order valence-corrected chi connectivity index (χ4v) is 3.57. The Morgan fingerprint density at radius 1 is 1.00 bits per heavy atom. The first-order valence-corrected chi connectivity index (χ1v) is 6.41. The van der Waals surface area contributed by atoms with Crippen molar-refractivity contribution in [2.24, 2.45) is 11.3 Å². The maximum Gasteiger partial charge on any atom is 0.0728 e. The Balaban J connectivity index is 1.51. The Morgan fingerprint density at radius 2 is 1.80 bits per heavy atom. The smallest absolute Gasteiger partial charge is 0.0728 e. The molecule has 2 aliphatic heterocycles. The predicted molar refractivity (Wildman–Crippen MR) is 59.9 cm³/mol. The standard InChI is InChI=1S/C12H22N2O/c1-3-13-4-2-12(1)7-10(8-12)11-9-14-5-6-15-11/h10-11,13-14H,1-9H2. The van der Waals surface area contributed by atoms with E-state index in [4.69, 9.17) is 4.74 Å². The van der Waals surface area contributed by atoms with Crippen molar-refractivity contribution in [3.05, 3.63) is 0 Å². The molecule has 0 bridgehead atoms. The summed E-state index contributed by atoms with van der Waals surface area (Å²) in [6.07, 6.45) is 6.13. The van der Waals surface area contributed by atoms with Crippen LogP contribution >= 0.6 is 0 Å². The van der Waals surface area contributed by atoms with Gasteiger partial charge in [0.25, 0.3) is 0 Å². The molecule has 3 heteroatoms. The van der Waals surface area contributed by atoms with Crippen molar-refractivity contribution in [3.63, 3.8) is 0 Å². The first kappa shape index (κ1) is 10.1. The molecule has 15 heavy (non-hydrogen) atoms. The molecule has 3 aliphatic rings. The van der Waals surface area contributed by atoms with Gasteiger partial charge in [0, 0.05) is 13.1 Å². The van der Waals surface area contributed by atoms with Crippen LogP contribution in [0.1, 0.15) is 25.7 Å². The third-order valence-electron chi connectivity index (χ3n) is 4.54. The lowest BCUT2D eigenvalue weighted by molar-refractivity contribution is -0.0909. The van der Waals surface area contributed by atoms with E-state index in [1.54, 1.807) is 0 Å². The molecule has 0 aromatic carbocycles. The second kappa shape index (κ2) is 4.04. The number of morpholine rings is 1. The molecule has 1 saturated carbocycles. The second-order valence-electron chi connectivity index (χ2n) is 5.53. The second-order valence-corrected chi connectivity index (χ2v) is 5.53. The van der Waals surface area contributed by atoms with Crippen LogP contribution in [0.2, 0.25) is 0 Å². The Bertz CT molecular complexity index is 212. The first-order chi connectivity index (χ1) is 7.38. The van der Waals surface area contributed by atoms with Crippen molar-refractivity contribution in [1.29, 1.82) is 0 Å². The van der Waals surface area contributed by atoms with E-state index in [1.807, 2.05) is 0 Å². The van der Waals surface area contributed by atoms with Crippen LogP contribution in [0.15, 0.2) is 0 Å². The minimum atomic E-state index is 0.513. The molecular weight excluding hydrogens is 188 g/mol. The molecule has 1 aliphatic carbocycles. The summed E-state index contributed by atoms with van der Waals surface area (Å²) in [7, 11) is 0. The van der Waals surface area contributed by atoms with Gasteiger partial charge < -0.3 is 15.4 Å². The van der Waals surface area contributed by atoms with Crippen LogP contribution in [0, 0.1) is 11.3 Å². The molecule has 3 fully saturated rings. The van der Waals surface area contributed by atoms with Crippen molar-refractivity contribution in [2.75, 3.05) is 32.8 Å². The van der Waals surface area contributed by atoms with Gasteiger partial charge in [-0.2, -0.15) is 0 Å². The Morgan fingerprint density at radius 3 is 2.47 bits per heavy atom. The SMILES string of the molecule is C1CC2(CCN1)CC(C1CNCCO1)C2. The van der Waals surface area contributed by atoms with Gasteiger partial charge in [0.15, 0.2) is 0 Å². The summed E-state index contributed by atoms with van der Waals surface area (Å²) in [5.74, 6) is 0.843. The normalized spacial score (nSPS) is 36.4. The molecule has 1 atom stereocenters. The molecule has 0 aromatic rings. The minimum Gasteiger partial charge on any atom is -0.375 e. The van der Waals surface area contributed by atoms with E-state index in [1.165, 1.54) is 38.8 Å². The van der Waals surface area contributed by atoms with Crippen molar-refractivity contribution in [1.82, 2.24) is 10.6 Å². The summed E-state index contributed by atoms with van der Waals surface area (Å²) in [6, 6.07) is 0. The summed E-state index contributed by atoms with van der Waals surface area (Å²) >= 11 is 0. The molecule has 2 heterocycles. The number of piperidine rings is 1. The largest absolute Gasteiger partial charge is 0.375 e. The van der Waals surface area contributed by atoms with Crippen molar-refractivity contribution < 1.29 is 4.74 Å². The summed E-state index contributed by atoms with van der Waals surface area (Å²) in [4.78, 5) is 0. The van der Waals surface area contributed by atoms with Crippen LogP contribution in [0.4, 0.5) is 0 Å². The molecule has 3 rings (SSSR count). The molecular formula is C12H22N2O. The van der Waals surface area contributed by atoms with Crippen LogP contribution < -0.4 is 10.6 Å². The van der Waals surface area contributed by atoms with Gasteiger partial charge in [-0.1, -0.05) is 0 Å². The van der Waals surface area contributed by atoms with Gasteiger partial charge in [0.05, 0.1) is 12.7 Å². The monoisotopic (exact) mass is 210 g/mol. The van der Waals surface area contributed by atoms with Gasteiger partial charge in [0.1, 0.15) is 0 Å². The summed E-state index contributed by atoms with van der Waals surface area (Å²) in [5, 5.41) is 6.90. The van der Waals surface area contributed by atoms with E-state index in [2.05, 4.69) is 10.6 Å². The van der Waals surface area contributed by atoms with E-state index >= 15 is 0 Å². The van der Waals surface area contributed by atoms with E-state index in [9.17, 15) is 0 Å². The highest BCUT2D eigenvalue weighted by atomic mass is 16.5. The van der Waals surface area contributed by atoms with Gasteiger partial charge in [0.2, 0.25) is 0 Å². The van der Waals surface area contributed by atoms with Crippen molar-refractivity contribution in [2.45, 2.75) is 31.8 Å². The lowest BCUT2D eigenvalue weighted by Gasteiger charge is -2.53. The van der Waals surface area contributed by atoms with Crippen molar-refractivity contribution in [3.8, 4) is 0 Å². The molecule has 3 nitrogen and oxygen atoms in total. The Kier molecular flexibility index (Phi) is 2.71. The van der Waals surface area contributed by atoms with Gasteiger partial charge in [-0.05, 0) is 50.1 Å². The van der Waals surface area contributed by atoms with Gasteiger partial charge >= 0.3 is 0 Å². The maximum atomic E-state index is 5.84. The summed E-state index contributed by atoms with van der Waals surface area (Å²) < 4.78 is 5.84. The molecule has 0 radical (unpaired) electrons. The van der Waals surface area contributed by atoms with E-state index in [-0.39, 0.29) is 0 Å². The molecule has 0 aromatic heterocycles. The third-order valence-corrected chi connectivity index (χ3v) is 4.54. The first-order valence-electron chi connectivity index (χ1n) is 6.41. The number of rotatable bonds is 1. The zero-order valence-corrected chi connectivity index (χ0v) is 9.43. The number of hydrogen-bond acceptors (Lipinski definition) is 3. The average molecular weight is 210 g/mol. The van der Waals surface area contributed by atoms with Crippen LogP contribution in [-0.4, -0.2) is 38.9 Å². The van der Waals surface area contributed by atoms with Gasteiger partial charge in [-0.25, -0.2) is 0 Å². The van der Waals surface area contributed by atoms with E-state index in [0.717, 1.165) is 25.6 Å². The molecule has 1 spiro atoms. The Labute approximate surface area is 91.9 Å². The number of ether oxygens (including phenoxy) is 1. The highest BCUT2D eigenvalue weighted by molar-refractivity contribution is 4.99. The van der Waals surface area contributed by atoms with E-state index < -0.39 is 0 Å². The zero-order chi connectivity index (χ0) is 10.1. The highest BCUT2D eigenvalue weighted by Gasteiger charge is 2.47. The third kappa shape index (κ3) is 1.93. The quantitative estimate of drug-likeness (QED) is 0.670. The molecule has 1 unspecified atom stereocenters. The summed E-state index contributed by atoms with van der Waals surface area (Å²) in [6.45, 7) is 5.50. The van der Waals surface area contributed by atoms with Crippen molar-refractivity contribution >= 4 is 0 Å².